The number of alkyl halides is 3. The molecule has 1 heterocycles. The second-order valence-corrected chi connectivity index (χ2v) is 4.76. The molecule has 1 aromatic rings. The number of nitrogens with two attached hydrogens (primary N) is 1. The second kappa shape index (κ2) is 6.53. The number of nitrogens with zero attached hydrogens (tertiary/aromatic N) is 2. The molecule has 9 heteroatoms. The van der Waals surface area contributed by atoms with Crippen molar-refractivity contribution in [2.45, 2.75) is 19.1 Å². The normalized spacial score (nSPS) is 18.4. The molecule has 0 saturated carbocycles. The van der Waals surface area contributed by atoms with Crippen molar-refractivity contribution in [2.24, 2.45) is 5.73 Å². The summed E-state index contributed by atoms with van der Waals surface area (Å²) in [4.78, 5) is 25.6. The largest absolute Gasteiger partial charge is 0.406 e. The molecular weight excluding hydrogens is 323 g/mol. The van der Waals surface area contributed by atoms with Crippen LogP contribution in [-0.2, 0) is 9.59 Å². The number of carbonyl (C=O) groups excluding carboxylic acids is 2. The fourth-order valence-electron chi connectivity index (χ4n) is 2.25. The lowest BCUT2D eigenvalue weighted by atomic mass is 10.2. The van der Waals surface area contributed by atoms with Gasteiger partial charge >= 0.3 is 6.18 Å². The molecule has 2 N–H and O–H groups in total. The Bertz CT molecular complexity index is 580. The van der Waals surface area contributed by atoms with Crippen LogP contribution < -0.4 is 15.5 Å². The molecule has 0 fully saturated rings. The van der Waals surface area contributed by atoms with E-state index < -0.39 is 24.7 Å². The Kier molecular flexibility index (Phi) is 5.42. The Labute approximate surface area is 131 Å². The average Bonchev–Trinajstić information content (AvgIpc) is 2.48. The topological polar surface area (TPSA) is 66.6 Å². The highest BCUT2D eigenvalue weighted by Gasteiger charge is 2.39. The third kappa shape index (κ3) is 3.69. The Balaban J connectivity index is 0.00000242. The van der Waals surface area contributed by atoms with E-state index in [-0.39, 0.29) is 36.2 Å². The van der Waals surface area contributed by atoms with Crippen molar-refractivity contribution < 1.29 is 22.8 Å². The van der Waals surface area contributed by atoms with E-state index in [1.54, 1.807) is 6.07 Å². The molecule has 0 radical (unpaired) electrons. The van der Waals surface area contributed by atoms with Gasteiger partial charge in [0, 0.05) is 6.92 Å². The fraction of sp³-hybridized carbons (Fsp3) is 0.385. The van der Waals surface area contributed by atoms with Gasteiger partial charge < -0.3 is 10.6 Å². The quantitative estimate of drug-likeness (QED) is 0.848. The number of hydrogen-bond acceptors (Lipinski definition) is 3. The standard InChI is InChI=1S/C13H14F3N3O2.ClH/c1-8(20)18-6-9(17)12(21)19(7-13(14,15)16)11-5-3-2-4-10(11)18;/h2-5,9H,6-7,17H2,1H3;1H. The fourth-order valence-corrected chi connectivity index (χ4v) is 2.25. The summed E-state index contributed by atoms with van der Waals surface area (Å²) in [7, 11) is 0. The third-order valence-electron chi connectivity index (χ3n) is 3.14. The van der Waals surface area contributed by atoms with Gasteiger partial charge in [0.1, 0.15) is 12.6 Å². The first-order valence-corrected chi connectivity index (χ1v) is 6.21. The van der Waals surface area contributed by atoms with Crippen LogP contribution in [0.4, 0.5) is 24.5 Å². The predicted octanol–water partition coefficient (Wildman–Crippen LogP) is 1.70. The summed E-state index contributed by atoms with van der Waals surface area (Å²) < 4.78 is 38.1. The molecule has 122 valence electrons. The van der Waals surface area contributed by atoms with Gasteiger partial charge in [0.15, 0.2) is 0 Å². The number of para-hydroxylation sites is 2. The lowest BCUT2D eigenvalue weighted by Gasteiger charge is -2.25. The maximum atomic E-state index is 12.7. The molecule has 1 aliphatic rings. The van der Waals surface area contributed by atoms with Crippen LogP contribution in [-0.4, -0.2) is 37.1 Å². The van der Waals surface area contributed by atoms with Gasteiger partial charge in [-0.15, -0.1) is 12.4 Å². The van der Waals surface area contributed by atoms with Crippen molar-refractivity contribution in [3.05, 3.63) is 24.3 Å². The number of hydrogen-bond donors (Lipinski definition) is 1. The first-order chi connectivity index (χ1) is 9.70. The van der Waals surface area contributed by atoms with E-state index in [9.17, 15) is 22.8 Å². The van der Waals surface area contributed by atoms with Gasteiger partial charge in [-0.2, -0.15) is 13.2 Å². The van der Waals surface area contributed by atoms with E-state index >= 15 is 0 Å². The molecule has 0 aromatic heterocycles. The zero-order chi connectivity index (χ0) is 15.8. The van der Waals surface area contributed by atoms with Crippen LogP contribution in [0.2, 0.25) is 0 Å². The molecule has 22 heavy (non-hydrogen) atoms. The van der Waals surface area contributed by atoms with Crippen LogP contribution in [0.3, 0.4) is 0 Å². The van der Waals surface area contributed by atoms with Gasteiger partial charge in [-0.1, -0.05) is 12.1 Å². The molecule has 5 nitrogen and oxygen atoms in total. The van der Waals surface area contributed by atoms with Crippen LogP contribution in [0.25, 0.3) is 0 Å². The smallest absolute Gasteiger partial charge is 0.318 e. The van der Waals surface area contributed by atoms with Gasteiger partial charge in [0.2, 0.25) is 11.8 Å². The molecule has 0 saturated heterocycles. The summed E-state index contributed by atoms with van der Waals surface area (Å²) in [6.07, 6.45) is -4.56. The third-order valence-corrected chi connectivity index (χ3v) is 3.14. The van der Waals surface area contributed by atoms with E-state index in [2.05, 4.69) is 0 Å². The monoisotopic (exact) mass is 337 g/mol. The predicted molar refractivity (Wildman–Crippen MR) is 78.1 cm³/mol. The summed E-state index contributed by atoms with van der Waals surface area (Å²) in [6.45, 7) is -0.324. The van der Waals surface area contributed by atoms with Gasteiger partial charge in [-0.3, -0.25) is 14.5 Å². The summed E-state index contributed by atoms with van der Waals surface area (Å²) in [5.41, 5.74) is 5.92. The molecule has 2 rings (SSSR count). The lowest BCUT2D eigenvalue weighted by Crippen LogP contribution is -2.50. The first-order valence-electron chi connectivity index (χ1n) is 6.21. The number of amides is 2. The SMILES string of the molecule is CC(=O)N1CC(N)C(=O)N(CC(F)(F)F)c2ccccc21.Cl. The number of carbonyl (C=O) groups is 2. The summed E-state index contributed by atoms with van der Waals surface area (Å²) in [6, 6.07) is 4.74. The number of halogens is 4. The van der Waals surface area contributed by atoms with Gasteiger partial charge in [0.25, 0.3) is 0 Å². The van der Waals surface area contributed by atoms with E-state index in [1.165, 1.54) is 30.0 Å². The highest BCUT2D eigenvalue weighted by atomic mass is 35.5. The Morgan fingerprint density at radius 1 is 1.32 bits per heavy atom. The van der Waals surface area contributed by atoms with Crippen LogP contribution in [0.5, 0.6) is 0 Å². The molecule has 1 atom stereocenters. The van der Waals surface area contributed by atoms with Gasteiger partial charge in [-0.25, -0.2) is 0 Å². The second-order valence-electron chi connectivity index (χ2n) is 4.76. The van der Waals surface area contributed by atoms with E-state index in [0.29, 0.717) is 4.90 Å². The van der Waals surface area contributed by atoms with Crippen LogP contribution in [0.1, 0.15) is 6.92 Å². The maximum absolute atomic E-state index is 12.7. The first kappa shape index (κ1) is 18.2. The van der Waals surface area contributed by atoms with E-state index in [4.69, 9.17) is 5.73 Å². The van der Waals surface area contributed by atoms with Crippen molar-refractivity contribution in [1.29, 1.82) is 0 Å². The summed E-state index contributed by atoms with van der Waals surface area (Å²) >= 11 is 0. The zero-order valence-corrected chi connectivity index (χ0v) is 12.4. The van der Waals surface area contributed by atoms with Gasteiger partial charge in [0.05, 0.1) is 17.9 Å². The van der Waals surface area contributed by atoms with Crippen LogP contribution >= 0.6 is 12.4 Å². The molecule has 1 unspecified atom stereocenters. The number of fused-ring (bicyclic) bond motifs is 1. The van der Waals surface area contributed by atoms with Crippen molar-refractivity contribution in [3.8, 4) is 0 Å². The van der Waals surface area contributed by atoms with Gasteiger partial charge in [-0.05, 0) is 12.1 Å². The van der Waals surface area contributed by atoms with Crippen LogP contribution in [0.15, 0.2) is 24.3 Å². The molecule has 1 aromatic carbocycles. The minimum Gasteiger partial charge on any atom is -0.318 e. The minimum absolute atomic E-state index is 0. The van der Waals surface area contributed by atoms with E-state index in [0.717, 1.165) is 0 Å². The molecule has 1 aliphatic heterocycles. The summed E-state index contributed by atoms with van der Waals surface area (Å²) in [5, 5.41) is 0. The maximum Gasteiger partial charge on any atom is 0.406 e. The van der Waals surface area contributed by atoms with E-state index in [1.807, 2.05) is 0 Å². The van der Waals surface area contributed by atoms with Crippen molar-refractivity contribution in [1.82, 2.24) is 0 Å². The molecule has 0 bridgehead atoms. The highest BCUT2D eigenvalue weighted by Crippen LogP contribution is 2.34. The number of rotatable bonds is 1. The molecule has 0 aliphatic carbocycles. The molecule has 2 amide bonds. The number of benzene rings is 1. The molecule has 0 spiro atoms. The van der Waals surface area contributed by atoms with Crippen molar-refractivity contribution >= 4 is 35.6 Å². The minimum atomic E-state index is -4.56. The zero-order valence-electron chi connectivity index (χ0n) is 11.6. The highest BCUT2D eigenvalue weighted by molar-refractivity contribution is 6.06. The van der Waals surface area contributed by atoms with Crippen molar-refractivity contribution in [3.63, 3.8) is 0 Å². The Hall–Kier alpha value is -1.80. The number of anilines is 2. The lowest BCUT2D eigenvalue weighted by molar-refractivity contribution is -0.133. The Morgan fingerprint density at radius 2 is 1.86 bits per heavy atom. The average molecular weight is 338 g/mol. The Morgan fingerprint density at radius 3 is 2.36 bits per heavy atom. The molecular formula is C13H15ClF3N3O2. The van der Waals surface area contributed by atoms with Crippen LogP contribution in [0, 0.1) is 0 Å². The van der Waals surface area contributed by atoms with Crippen molar-refractivity contribution in [2.75, 3.05) is 22.9 Å². The summed E-state index contributed by atoms with van der Waals surface area (Å²) in [5.74, 6) is -1.25.